The van der Waals surface area contributed by atoms with Gasteiger partial charge in [0.05, 0.1) is 0 Å². The normalized spacial score (nSPS) is 9.68. The minimum absolute atomic E-state index is 0.0616. The van der Waals surface area contributed by atoms with E-state index < -0.39 is 12.2 Å². The van der Waals surface area contributed by atoms with Crippen LogP contribution in [0.3, 0.4) is 0 Å². The van der Waals surface area contributed by atoms with Gasteiger partial charge in [-0.25, -0.2) is 9.59 Å². The van der Waals surface area contributed by atoms with Gasteiger partial charge in [-0.05, 0) is 12.1 Å². The molecule has 0 aromatic carbocycles. The van der Waals surface area contributed by atoms with E-state index in [2.05, 4.69) is 4.98 Å². The fourth-order valence-electron chi connectivity index (χ4n) is 1.07. The van der Waals surface area contributed by atoms with Gasteiger partial charge in [-0.3, -0.25) is 4.98 Å². The van der Waals surface area contributed by atoms with Crippen LogP contribution >= 0.6 is 0 Å². The van der Waals surface area contributed by atoms with Crippen LogP contribution in [0.2, 0.25) is 0 Å². The highest BCUT2D eigenvalue weighted by Crippen LogP contribution is 2.17. The average molecular weight is 267 g/mol. The van der Waals surface area contributed by atoms with E-state index in [9.17, 15) is 9.59 Å². The Balaban J connectivity index is 2.73. The summed E-state index contributed by atoms with van der Waals surface area (Å²) in [6, 6.07) is 3.22. The molecule has 1 heterocycles. The number of pyridine rings is 1. The number of rotatable bonds is 3. The van der Waals surface area contributed by atoms with Gasteiger partial charge in [0, 0.05) is 34.4 Å². The van der Waals surface area contributed by atoms with Crippen LogP contribution in [-0.2, 0) is 11.3 Å². The Bertz CT molecular complexity index is 460. The number of hydrogen-bond acceptors (Lipinski definition) is 5. The van der Waals surface area contributed by atoms with E-state index in [1.165, 1.54) is 16.0 Å². The zero-order chi connectivity index (χ0) is 14.4. The largest absolute Gasteiger partial charge is 0.443 e. The molecule has 19 heavy (non-hydrogen) atoms. The Morgan fingerprint density at radius 3 is 2.37 bits per heavy atom. The topological polar surface area (TPSA) is 72.0 Å². The maximum absolute atomic E-state index is 11.5. The van der Waals surface area contributed by atoms with Crippen molar-refractivity contribution in [2.24, 2.45) is 0 Å². The number of hydrogen-bond donors (Lipinski definition) is 0. The molecular formula is C12H17N3O4. The predicted molar refractivity (Wildman–Crippen MR) is 67.8 cm³/mol. The molecular weight excluding hydrogens is 250 g/mol. The van der Waals surface area contributed by atoms with Crippen molar-refractivity contribution >= 4 is 12.2 Å². The van der Waals surface area contributed by atoms with Gasteiger partial charge in [0.15, 0.2) is 5.75 Å². The highest BCUT2D eigenvalue weighted by Gasteiger charge is 2.13. The summed E-state index contributed by atoms with van der Waals surface area (Å²) in [5.74, 6) is 0.271. The summed E-state index contributed by atoms with van der Waals surface area (Å²) in [6.45, 7) is -0.0616. The van der Waals surface area contributed by atoms with E-state index in [1.807, 2.05) is 0 Å². The lowest BCUT2D eigenvalue weighted by Crippen LogP contribution is -2.26. The van der Waals surface area contributed by atoms with Gasteiger partial charge in [0.2, 0.25) is 0 Å². The van der Waals surface area contributed by atoms with E-state index in [4.69, 9.17) is 9.47 Å². The van der Waals surface area contributed by atoms with Crippen molar-refractivity contribution in [1.29, 1.82) is 0 Å². The van der Waals surface area contributed by atoms with E-state index in [-0.39, 0.29) is 12.4 Å². The van der Waals surface area contributed by atoms with Crippen LogP contribution < -0.4 is 4.74 Å². The number of carbonyl (C=O) groups excluding carboxylic acids is 2. The van der Waals surface area contributed by atoms with Crippen molar-refractivity contribution in [3.63, 3.8) is 0 Å². The maximum Gasteiger partial charge on any atom is 0.414 e. The summed E-state index contributed by atoms with van der Waals surface area (Å²) < 4.78 is 10.1. The number of aromatic nitrogens is 1. The standard InChI is InChI=1S/C12H17N3O4/c1-14(2)11(16)18-8-9-10(6-5-7-13-9)19-12(17)15(3)4/h5-7H,8H2,1-4H3. The molecule has 0 aliphatic heterocycles. The molecule has 0 radical (unpaired) electrons. The lowest BCUT2D eigenvalue weighted by Gasteiger charge is -2.14. The van der Waals surface area contributed by atoms with Gasteiger partial charge in [-0.2, -0.15) is 0 Å². The summed E-state index contributed by atoms with van der Waals surface area (Å²) in [5.41, 5.74) is 0.382. The molecule has 0 saturated heterocycles. The van der Waals surface area contributed by atoms with Crippen molar-refractivity contribution in [3.8, 4) is 5.75 Å². The zero-order valence-electron chi connectivity index (χ0n) is 11.4. The number of carbonyl (C=O) groups is 2. The first kappa shape index (κ1) is 14.7. The minimum atomic E-state index is -0.520. The smallest absolute Gasteiger partial charge is 0.414 e. The van der Waals surface area contributed by atoms with Crippen LogP contribution in [0.5, 0.6) is 5.75 Å². The molecule has 104 valence electrons. The van der Waals surface area contributed by atoms with Crippen LogP contribution in [0.1, 0.15) is 5.69 Å². The molecule has 0 bridgehead atoms. The molecule has 0 N–H and O–H groups in total. The van der Waals surface area contributed by atoms with Crippen molar-refractivity contribution in [2.45, 2.75) is 6.61 Å². The van der Waals surface area contributed by atoms with Gasteiger partial charge < -0.3 is 19.3 Å². The third-order valence-corrected chi connectivity index (χ3v) is 2.11. The molecule has 1 aromatic heterocycles. The van der Waals surface area contributed by atoms with Crippen molar-refractivity contribution in [1.82, 2.24) is 14.8 Å². The lowest BCUT2D eigenvalue weighted by atomic mass is 10.3. The monoisotopic (exact) mass is 267 g/mol. The first-order chi connectivity index (χ1) is 8.91. The van der Waals surface area contributed by atoms with Crippen LogP contribution in [-0.4, -0.2) is 55.2 Å². The fraction of sp³-hybridized carbons (Fsp3) is 0.417. The minimum Gasteiger partial charge on any atom is -0.443 e. The molecule has 0 atom stereocenters. The number of nitrogens with zero attached hydrogens (tertiary/aromatic N) is 3. The van der Waals surface area contributed by atoms with Gasteiger partial charge in [0.25, 0.3) is 0 Å². The zero-order valence-corrected chi connectivity index (χ0v) is 11.4. The molecule has 2 amide bonds. The van der Waals surface area contributed by atoms with E-state index in [0.717, 1.165) is 0 Å². The second-order valence-electron chi connectivity index (χ2n) is 4.16. The van der Waals surface area contributed by atoms with Gasteiger partial charge in [-0.1, -0.05) is 0 Å². The Hall–Kier alpha value is -2.31. The molecule has 0 unspecified atom stereocenters. The fourth-order valence-corrected chi connectivity index (χ4v) is 1.07. The predicted octanol–water partition coefficient (Wildman–Crippen LogP) is 1.34. The van der Waals surface area contributed by atoms with E-state index in [0.29, 0.717) is 5.69 Å². The van der Waals surface area contributed by atoms with Crippen LogP contribution in [0.15, 0.2) is 18.3 Å². The van der Waals surface area contributed by atoms with E-state index >= 15 is 0 Å². The van der Waals surface area contributed by atoms with E-state index in [1.54, 1.807) is 40.3 Å². The maximum atomic E-state index is 11.5. The van der Waals surface area contributed by atoms with Gasteiger partial charge in [0.1, 0.15) is 12.3 Å². The first-order valence-electron chi connectivity index (χ1n) is 5.59. The quantitative estimate of drug-likeness (QED) is 0.826. The Morgan fingerprint density at radius 2 is 1.79 bits per heavy atom. The summed E-state index contributed by atoms with van der Waals surface area (Å²) in [4.78, 5) is 29.4. The number of ether oxygens (including phenoxy) is 2. The molecule has 0 aliphatic rings. The van der Waals surface area contributed by atoms with Gasteiger partial charge >= 0.3 is 12.2 Å². The summed E-state index contributed by atoms with van der Waals surface area (Å²) in [5, 5.41) is 0. The first-order valence-corrected chi connectivity index (χ1v) is 5.59. The van der Waals surface area contributed by atoms with Crippen LogP contribution in [0.25, 0.3) is 0 Å². The molecule has 0 fully saturated rings. The molecule has 0 spiro atoms. The van der Waals surface area contributed by atoms with Crippen LogP contribution in [0, 0.1) is 0 Å². The van der Waals surface area contributed by atoms with Crippen molar-refractivity contribution < 1.29 is 19.1 Å². The summed E-state index contributed by atoms with van der Waals surface area (Å²) >= 11 is 0. The SMILES string of the molecule is CN(C)C(=O)OCc1ncccc1OC(=O)N(C)C. The lowest BCUT2D eigenvalue weighted by molar-refractivity contribution is 0.109. The average Bonchev–Trinajstić information content (AvgIpc) is 2.36. The third kappa shape index (κ3) is 4.46. The Kier molecular flexibility index (Phi) is 5.11. The molecule has 0 aliphatic carbocycles. The molecule has 1 rings (SSSR count). The summed E-state index contributed by atoms with van der Waals surface area (Å²) in [7, 11) is 6.30. The Morgan fingerprint density at radius 1 is 1.16 bits per heavy atom. The van der Waals surface area contributed by atoms with Crippen LogP contribution in [0.4, 0.5) is 9.59 Å². The highest BCUT2D eigenvalue weighted by molar-refractivity contribution is 5.70. The van der Waals surface area contributed by atoms with Gasteiger partial charge in [-0.15, -0.1) is 0 Å². The van der Waals surface area contributed by atoms with Crippen molar-refractivity contribution in [2.75, 3.05) is 28.2 Å². The second-order valence-corrected chi connectivity index (χ2v) is 4.16. The Labute approximate surface area is 111 Å². The molecule has 7 nitrogen and oxygen atoms in total. The number of amides is 2. The molecule has 7 heteroatoms. The molecule has 1 aromatic rings. The molecule has 0 saturated carbocycles. The van der Waals surface area contributed by atoms with Crippen molar-refractivity contribution in [3.05, 3.63) is 24.0 Å². The second kappa shape index (κ2) is 6.58. The summed E-state index contributed by atoms with van der Waals surface area (Å²) in [6.07, 6.45) is 0.523. The third-order valence-electron chi connectivity index (χ3n) is 2.11. The highest BCUT2D eigenvalue weighted by atomic mass is 16.6.